The molecular formula is C14H20N2OS. The maximum absolute atomic E-state index is 11.8. The van der Waals surface area contributed by atoms with Gasteiger partial charge in [0.05, 0.1) is 6.07 Å². The highest BCUT2D eigenvalue weighted by Crippen LogP contribution is 2.30. The van der Waals surface area contributed by atoms with E-state index in [0.717, 1.165) is 0 Å². The molecular weight excluding hydrogens is 244 g/mol. The molecule has 1 amide bonds. The van der Waals surface area contributed by atoms with Crippen molar-refractivity contribution < 1.29 is 4.79 Å². The number of amides is 1. The van der Waals surface area contributed by atoms with Crippen LogP contribution in [0, 0.1) is 24.2 Å². The van der Waals surface area contributed by atoms with Gasteiger partial charge in [0, 0.05) is 16.8 Å². The lowest BCUT2D eigenvalue weighted by Gasteiger charge is -2.25. The van der Waals surface area contributed by atoms with Gasteiger partial charge in [0.25, 0.3) is 0 Å². The van der Waals surface area contributed by atoms with Gasteiger partial charge in [-0.25, -0.2) is 0 Å². The predicted molar refractivity (Wildman–Crippen MR) is 74.5 cm³/mol. The standard InChI is InChI=1S/C14H20N2OS/c1-5-11(8-15)13(17)16-9-14(3,4)12-10(2)6-7-18-12/h6-7,11H,5,9H2,1-4H3,(H,16,17). The molecule has 0 bridgehead atoms. The van der Waals surface area contributed by atoms with Crippen molar-refractivity contribution in [1.82, 2.24) is 5.32 Å². The number of hydrogen-bond donors (Lipinski definition) is 1. The molecule has 1 unspecified atom stereocenters. The van der Waals surface area contributed by atoms with Gasteiger partial charge in [-0.1, -0.05) is 20.8 Å². The lowest BCUT2D eigenvalue weighted by atomic mass is 9.89. The molecule has 98 valence electrons. The molecule has 0 saturated heterocycles. The van der Waals surface area contributed by atoms with Gasteiger partial charge < -0.3 is 5.32 Å². The first-order chi connectivity index (χ1) is 8.42. The van der Waals surface area contributed by atoms with Crippen molar-refractivity contribution in [3.8, 4) is 6.07 Å². The summed E-state index contributed by atoms with van der Waals surface area (Å²) in [6.45, 7) is 8.71. The van der Waals surface area contributed by atoms with E-state index < -0.39 is 5.92 Å². The third-order valence-corrected chi connectivity index (χ3v) is 4.44. The van der Waals surface area contributed by atoms with Crippen LogP contribution >= 0.6 is 11.3 Å². The van der Waals surface area contributed by atoms with Crippen molar-refractivity contribution in [3.05, 3.63) is 21.9 Å². The van der Waals surface area contributed by atoms with E-state index in [9.17, 15) is 4.79 Å². The molecule has 0 aliphatic carbocycles. The fourth-order valence-corrected chi connectivity index (χ4v) is 2.97. The third kappa shape index (κ3) is 3.33. The van der Waals surface area contributed by atoms with Gasteiger partial charge in [-0.05, 0) is 30.4 Å². The Balaban J connectivity index is 2.66. The van der Waals surface area contributed by atoms with Crippen LogP contribution in [0.5, 0.6) is 0 Å². The maximum Gasteiger partial charge on any atom is 0.237 e. The predicted octanol–water partition coefficient (Wildman–Crippen LogP) is 3.00. The molecule has 0 aromatic carbocycles. The monoisotopic (exact) mass is 264 g/mol. The third-order valence-electron chi connectivity index (χ3n) is 3.06. The van der Waals surface area contributed by atoms with Crippen LogP contribution in [0.4, 0.5) is 0 Å². The Morgan fingerprint density at radius 2 is 2.28 bits per heavy atom. The van der Waals surface area contributed by atoms with E-state index in [2.05, 4.69) is 37.5 Å². The van der Waals surface area contributed by atoms with E-state index >= 15 is 0 Å². The fourth-order valence-electron chi connectivity index (χ4n) is 1.91. The molecule has 1 atom stereocenters. The first-order valence-corrected chi connectivity index (χ1v) is 7.02. The van der Waals surface area contributed by atoms with E-state index in [-0.39, 0.29) is 11.3 Å². The van der Waals surface area contributed by atoms with Crippen molar-refractivity contribution in [1.29, 1.82) is 5.26 Å². The Labute approximate surface area is 113 Å². The zero-order valence-corrected chi connectivity index (χ0v) is 12.2. The Kier molecular flexibility index (Phi) is 4.92. The Hall–Kier alpha value is -1.34. The van der Waals surface area contributed by atoms with Crippen molar-refractivity contribution in [2.75, 3.05) is 6.54 Å². The lowest BCUT2D eigenvalue weighted by Crippen LogP contribution is -2.39. The maximum atomic E-state index is 11.8. The van der Waals surface area contributed by atoms with Gasteiger partial charge in [0.2, 0.25) is 5.91 Å². The van der Waals surface area contributed by atoms with Gasteiger partial charge in [-0.2, -0.15) is 5.26 Å². The van der Waals surface area contributed by atoms with Crippen LogP contribution in [0.15, 0.2) is 11.4 Å². The molecule has 0 fully saturated rings. The molecule has 1 heterocycles. The fraction of sp³-hybridized carbons (Fsp3) is 0.571. The minimum Gasteiger partial charge on any atom is -0.354 e. The minimum absolute atomic E-state index is 0.0956. The summed E-state index contributed by atoms with van der Waals surface area (Å²) >= 11 is 1.71. The summed E-state index contributed by atoms with van der Waals surface area (Å²) in [5.41, 5.74) is 1.16. The second kappa shape index (κ2) is 6.01. The average molecular weight is 264 g/mol. The SMILES string of the molecule is CCC(C#N)C(=O)NCC(C)(C)c1sccc1C. The summed E-state index contributed by atoms with van der Waals surface area (Å²) in [4.78, 5) is 13.1. The van der Waals surface area contributed by atoms with Crippen LogP contribution in [-0.4, -0.2) is 12.5 Å². The summed E-state index contributed by atoms with van der Waals surface area (Å²) in [5.74, 6) is -0.701. The first-order valence-electron chi connectivity index (χ1n) is 6.14. The summed E-state index contributed by atoms with van der Waals surface area (Å²) < 4.78 is 0. The average Bonchev–Trinajstić information content (AvgIpc) is 2.75. The number of hydrogen-bond acceptors (Lipinski definition) is 3. The number of nitrogens with one attached hydrogen (secondary N) is 1. The molecule has 1 rings (SSSR count). The molecule has 0 radical (unpaired) electrons. The largest absolute Gasteiger partial charge is 0.354 e. The molecule has 0 aliphatic heterocycles. The number of carbonyl (C=O) groups is 1. The Morgan fingerprint density at radius 1 is 1.61 bits per heavy atom. The zero-order valence-electron chi connectivity index (χ0n) is 11.4. The van der Waals surface area contributed by atoms with Crippen LogP contribution in [0.25, 0.3) is 0 Å². The highest BCUT2D eigenvalue weighted by Gasteiger charge is 2.26. The van der Waals surface area contributed by atoms with Crippen LogP contribution in [0.1, 0.15) is 37.6 Å². The molecule has 0 saturated carbocycles. The highest BCUT2D eigenvalue weighted by molar-refractivity contribution is 7.10. The number of nitrogens with zero attached hydrogens (tertiary/aromatic N) is 1. The minimum atomic E-state index is -0.537. The van der Waals surface area contributed by atoms with Crippen LogP contribution in [0.2, 0.25) is 0 Å². The smallest absolute Gasteiger partial charge is 0.237 e. The van der Waals surface area contributed by atoms with Gasteiger partial charge in [-0.3, -0.25) is 4.79 Å². The number of aryl methyl sites for hydroxylation is 1. The molecule has 3 nitrogen and oxygen atoms in total. The van der Waals surface area contributed by atoms with E-state index in [0.29, 0.717) is 13.0 Å². The summed E-state index contributed by atoms with van der Waals surface area (Å²) in [5, 5.41) is 13.8. The van der Waals surface area contributed by atoms with Crippen LogP contribution in [0.3, 0.4) is 0 Å². The molecule has 0 spiro atoms. The first kappa shape index (κ1) is 14.7. The zero-order chi connectivity index (χ0) is 13.8. The number of rotatable bonds is 5. The highest BCUT2D eigenvalue weighted by atomic mass is 32.1. The molecule has 4 heteroatoms. The number of carbonyl (C=O) groups excluding carboxylic acids is 1. The molecule has 1 aromatic rings. The quantitative estimate of drug-likeness (QED) is 0.888. The second-order valence-electron chi connectivity index (χ2n) is 5.12. The van der Waals surface area contributed by atoms with E-state index in [1.807, 2.05) is 13.0 Å². The molecule has 1 aromatic heterocycles. The summed E-state index contributed by atoms with van der Waals surface area (Å²) in [7, 11) is 0. The summed E-state index contributed by atoms with van der Waals surface area (Å²) in [6.07, 6.45) is 0.556. The van der Waals surface area contributed by atoms with Gasteiger partial charge >= 0.3 is 0 Å². The van der Waals surface area contributed by atoms with Crippen LogP contribution < -0.4 is 5.32 Å². The molecule has 0 aliphatic rings. The normalized spacial score (nSPS) is 12.8. The van der Waals surface area contributed by atoms with Crippen molar-refractivity contribution in [2.45, 2.75) is 39.5 Å². The van der Waals surface area contributed by atoms with Crippen molar-refractivity contribution in [2.24, 2.45) is 5.92 Å². The molecule has 1 N–H and O–H groups in total. The van der Waals surface area contributed by atoms with E-state index in [1.165, 1.54) is 10.4 Å². The number of nitriles is 1. The second-order valence-corrected chi connectivity index (χ2v) is 6.04. The number of thiophene rings is 1. The van der Waals surface area contributed by atoms with Crippen molar-refractivity contribution in [3.63, 3.8) is 0 Å². The van der Waals surface area contributed by atoms with Gasteiger partial charge in [0.15, 0.2) is 0 Å². The lowest BCUT2D eigenvalue weighted by molar-refractivity contribution is -0.123. The Bertz CT molecular complexity index is 457. The van der Waals surface area contributed by atoms with Gasteiger partial charge in [-0.15, -0.1) is 11.3 Å². The topological polar surface area (TPSA) is 52.9 Å². The van der Waals surface area contributed by atoms with Crippen molar-refractivity contribution >= 4 is 17.2 Å². The molecule has 18 heavy (non-hydrogen) atoms. The van der Waals surface area contributed by atoms with E-state index in [4.69, 9.17) is 5.26 Å². The van der Waals surface area contributed by atoms with E-state index in [1.54, 1.807) is 11.3 Å². The van der Waals surface area contributed by atoms with Crippen LogP contribution in [-0.2, 0) is 10.2 Å². The summed E-state index contributed by atoms with van der Waals surface area (Å²) in [6, 6.07) is 4.12. The van der Waals surface area contributed by atoms with Gasteiger partial charge in [0.1, 0.15) is 5.92 Å². The Morgan fingerprint density at radius 3 is 2.72 bits per heavy atom.